The number of allylic oxidation sites excluding steroid dienone is 1. The molecule has 162 valence electrons. The predicted octanol–water partition coefficient (Wildman–Crippen LogP) is 6.07. The predicted molar refractivity (Wildman–Crippen MR) is 124 cm³/mol. The third-order valence-corrected chi connectivity index (χ3v) is 5.85. The van der Waals surface area contributed by atoms with Crippen LogP contribution < -0.4 is 14.8 Å². The van der Waals surface area contributed by atoms with E-state index in [2.05, 4.69) is 11.4 Å². The van der Waals surface area contributed by atoms with Gasteiger partial charge in [-0.05, 0) is 63.8 Å². The number of amides is 1. The van der Waals surface area contributed by atoms with Crippen LogP contribution in [0.3, 0.4) is 0 Å². The van der Waals surface area contributed by atoms with E-state index in [4.69, 9.17) is 13.9 Å². The van der Waals surface area contributed by atoms with Crippen molar-refractivity contribution >= 4 is 28.1 Å². The van der Waals surface area contributed by atoms with Crippen LogP contribution in [0, 0.1) is 6.92 Å². The largest absolute Gasteiger partial charge is 0.496 e. The fraction of sp³-hybridized carbons (Fsp3) is 0.346. The Kier molecular flexibility index (Phi) is 6.03. The molecule has 1 aliphatic rings. The van der Waals surface area contributed by atoms with E-state index in [1.165, 1.54) is 12.0 Å². The molecular weight excluding hydrogens is 390 g/mol. The minimum atomic E-state index is -0.210. The summed E-state index contributed by atoms with van der Waals surface area (Å²) in [5.74, 6) is 2.29. The molecule has 1 N–H and O–H groups in total. The molecule has 2 aromatic carbocycles. The molecule has 0 aliphatic heterocycles. The molecule has 1 amide bonds. The van der Waals surface area contributed by atoms with Gasteiger partial charge in [0.2, 0.25) is 5.91 Å². The lowest BCUT2D eigenvalue weighted by molar-refractivity contribution is -0.111. The third-order valence-electron chi connectivity index (χ3n) is 5.85. The van der Waals surface area contributed by atoms with Crippen molar-refractivity contribution in [1.82, 2.24) is 0 Å². The van der Waals surface area contributed by atoms with Crippen molar-refractivity contribution in [3.05, 3.63) is 58.9 Å². The minimum Gasteiger partial charge on any atom is -0.496 e. The summed E-state index contributed by atoms with van der Waals surface area (Å²) in [6, 6.07) is 9.55. The van der Waals surface area contributed by atoms with E-state index in [0.717, 1.165) is 58.4 Å². The number of rotatable bonds is 6. The molecule has 5 nitrogen and oxygen atoms in total. The third kappa shape index (κ3) is 4.05. The summed E-state index contributed by atoms with van der Waals surface area (Å²) in [6.45, 7) is 6.41. The van der Waals surface area contributed by atoms with Crippen molar-refractivity contribution in [2.75, 3.05) is 19.0 Å². The molecular formula is C26H29NO4. The highest BCUT2D eigenvalue weighted by Gasteiger charge is 2.23. The zero-order chi connectivity index (χ0) is 22.0. The molecule has 0 saturated carbocycles. The van der Waals surface area contributed by atoms with Gasteiger partial charge >= 0.3 is 0 Å². The summed E-state index contributed by atoms with van der Waals surface area (Å²) >= 11 is 0. The van der Waals surface area contributed by atoms with Gasteiger partial charge in [0.25, 0.3) is 0 Å². The maximum atomic E-state index is 12.8. The number of para-hydroxylation sites is 2. The summed E-state index contributed by atoms with van der Waals surface area (Å²) in [5.41, 5.74) is 5.57. The summed E-state index contributed by atoms with van der Waals surface area (Å²) < 4.78 is 17.5. The topological polar surface area (TPSA) is 60.7 Å². The number of anilines is 1. The standard InChI is InChI=1S/C26H29NO4/c1-5-30-23-13-9-7-11-21(23)27-24(28)14-16(2)19-15-20-18-10-6-8-12-22(18)31-26(20)17(3)25(19)29-4/h7,9,11,13-15H,5-6,8,10,12H2,1-4H3,(H,27,28)/b16-14+. The number of ether oxygens (including phenoxy) is 2. The highest BCUT2D eigenvalue weighted by atomic mass is 16.5. The smallest absolute Gasteiger partial charge is 0.248 e. The van der Waals surface area contributed by atoms with Crippen molar-refractivity contribution in [2.45, 2.75) is 46.5 Å². The van der Waals surface area contributed by atoms with E-state index in [-0.39, 0.29) is 5.91 Å². The molecule has 0 bridgehead atoms. The SMILES string of the molecule is CCOc1ccccc1NC(=O)/C=C(\C)c1cc2c3c(oc2c(C)c1OC)CCCC3. The molecule has 31 heavy (non-hydrogen) atoms. The van der Waals surface area contributed by atoms with Gasteiger partial charge in [0.1, 0.15) is 22.8 Å². The summed E-state index contributed by atoms with van der Waals surface area (Å²) in [7, 11) is 1.66. The van der Waals surface area contributed by atoms with Gasteiger partial charge in [-0.25, -0.2) is 0 Å². The Morgan fingerprint density at radius 2 is 2.00 bits per heavy atom. The van der Waals surface area contributed by atoms with Crippen LogP contribution in [0.4, 0.5) is 5.69 Å². The van der Waals surface area contributed by atoms with Crippen molar-refractivity contribution < 1.29 is 18.7 Å². The Hall–Kier alpha value is -3.21. The second kappa shape index (κ2) is 8.88. The van der Waals surface area contributed by atoms with Gasteiger partial charge in [0.05, 0.1) is 19.4 Å². The van der Waals surface area contributed by atoms with Gasteiger partial charge in [-0.1, -0.05) is 12.1 Å². The van der Waals surface area contributed by atoms with Crippen LogP contribution in [0.2, 0.25) is 0 Å². The Morgan fingerprint density at radius 3 is 2.77 bits per heavy atom. The summed E-state index contributed by atoms with van der Waals surface area (Å²) in [6.07, 6.45) is 5.97. The first kappa shape index (κ1) is 21.0. The quantitative estimate of drug-likeness (QED) is 0.493. The number of nitrogens with one attached hydrogen (secondary N) is 1. The van der Waals surface area contributed by atoms with Gasteiger partial charge < -0.3 is 19.2 Å². The minimum absolute atomic E-state index is 0.210. The van der Waals surface area contributed by atoms with E-state index in [9.17, 15) is 4.79 Å². The monoisotopic (exact) mass is 419 g/mol. The fourth-order valence-corrected chi connectivity index (χ4v) is 4.39. The molecule has 1 heterocycles. The van der Waals surface area contributed by atoms with Crippen LogP contribution in [0.25, 0.3) is 16.5 Å². The lowest BCUT2D eigenvalue weighted by Gasteiger charge is -2.14. The highest BCUT2D eigenvalue weighted by molar-refractivity contribution is 6.05. The van der Waals surface area contributed by atoms with Gasteiger partial charge in [-0.2, -0.15) is 0 Å². The van der Waals surface area contributed by atoms with Crippen LogP contribution in [0.15, 0.2) is 40.8 Å². The number of carbonyl (C=O) groups excluding carboxylic acids is 1. The number of hydrogen-bond donors (Lipinski definition) is 1. The van der Waals surface area contributed by atoms with E-state index in [0.29, 0.717) is 18.0 Å². The molecule has 0 atom stereocenters. The number of hydrogen-bond acceptors (Lipinski definition) is 4. The molecule has 5 heteroatoms. The van der Waals surface area contributed by atoms with Gasteiger partial charge in [0.15, 0.2) is 0 Å². The maximum absolute atomic E-state index is 12.8. The van der Waals surface area contributed by atoms with E-state index in [1.54, 1.807) is 13.2 Å². The van der Waals surface area contributed by atoms with Crippen LogP contribution in [0.1, 0.15) is 49.1 Å². The molecule has 0 saturated heterocycles. The molecule has 0 spiro atoms. The lowest BCUT2D eigenvalue weighted by Crippen LogP contribution is -2.10. The Morgan fingerprint density at radius 1 is 1.23 bits per heavy atom. The fourth-order valence-electron chi connectivity index (χ4n) is 4.39. The molecule has 3 aromatic rings. The number of benzene rings is 2. The van der Waals surface area contributed by atoms with Crippen LogP contribution in [0.5, 0.6) is 11.5 Å². The molecule has 4 rings (SSSR count). The number of fused-ring (bicyclic) bond motifs is 3. The average molecular weight is 420 g/mol. The normalized spacial score (nSPS) is 13.7. The van der Waals surface area contributed by atoms with E-state index in [1.807, 2.05) is 45.0 Å². The van der Waals surface area contributed by atoms with Gasteiger partial charge in [0, 0.05) is 34.6 Å². The van der Waals surface area contributed by atoms with Crippen molar-refractivity contribution in [2.24, 2.45) is 0 Å². The second-order valence-corrected chi connectivity index (χ2v) is 7.92. The van der Waals surface area contributed by atoms with Crippen LogP contribution in [-0.4, -0.2) is 19.6 Å². The highest BCUT2D eigenvalue weighted by Crippen LogP contribution is 2.41. The lowest BCUT2D eigenvalue weighted by atomic mass is 9.93. The number of aryl methyl sites for hydroxylation is 3. The molecule has 0 unspecified atom stereocenters. The average Bonchev–Trinajstić information content (AvgIpc) is 3.14. The van der Waals surface area contributed by atoms with Crippen molar-refractivity contribution in [1.29, 1.82) is 0 Å². The summed E-state index contributed by atoms with van der Waals surface area (Å²) in [5, 5.41) is 4.07. The van der Waals surface area contributed by atoms with Crippen molar-refractivity contribution in [3.63, 3.8) is 0 Å². The van der Waals surface area contributed by atoms with Crippen molar-refractivity contribution in [3.8, 4) is 11.5 Å². The molecule has 1 aliphatic carbocycles. The zero-order valence-corrected chi connectivity index (χ0v) is 18.6. The summed E-state index contributed by atoms with van der Waals surface area (Å²) in [4.78, 5) is 12.8. The number of methoxy groups -OCH3 is 1. The molecule has 1 aromatic heterocycles. The molecule has 0 radical (unpaired) electrons. The molecule has 0 fully saturated rings. The first-order chi connectivity index (χ1) is 15.0. The Balaban J connectivity index is 1.70. The first-order valence-electron chi connectivity index (χ1n) is 10.9. The number of furan rings is 1. The van der Waals surface area contributed by atoms with E-state index >= 15 is 0 Å². The zero-order valence-electron chi connectivity index (χ0n) is 18.6. The Labute approximate surface area is 183 Å². The van der Waals surface area contributed by atoms with Gasteiger partial charge in [-0.3, -0.25) is 4.79 Å². The first-order valence-corrected chi connectivity index (χ1v) is 10.9. The van der Waals surface area contributed by atoms with Crippen LogP contribution >= 0.6 is 0 Å². The Bertz CT molecular complexity index is 1160. The second-order valence-electron chi connectivity index (χ2n) is 7.92. The maximum Gasteiger partial charge on any atom is 0.248 e. The van der Waals surface area contributed by atoms with Crippen LogP contribution in [-0.2, 0) is 17.6 Å². The van der Waals surface area contributed by atoms with Gasteiger partial charge in [-0.15, -0.1) is 0 Å². The van der Waals surface area contributed by atoms with E-state index < -0.39 is 0 Å². The number of carbonyl (C=O) groups is 1.